The third kappa shape index (κ3) is 4.10. The molecular formula is C26H31ClFN5O2S. The molecule has 1 aliphatic heterocycles. The zero-order valence-corrected chi connectivity index (χ0v) is 22.3. The lowest BCUT2D eigenvalue weighted by Gasteiger charge is -2.40. The van der Waals surface area contributed by atoms with Crippen molar-refractivity contribution >= 4 is 40.6 Å². The van der Waals surface area contributed by atoms with Crippen molar-refractivity contribution in [2.75, 3.05) is 18.5 Å². The van der Waals surface area contributed by atoms with Crippen LogP contribution in [0, 0.1) is 18.7 Å². The fraction of sp³-hybridized carbons (Fsp3) is 0.500. The fourth-order valence-electron chi connectivity index (χ4n) is 5.73. The first kappa shape index (κ1) is 25.1. The van der Waals surface area contributed by atoms with Crippen molar-refractivity contribution in [3.63, 3.8) is 0 Å². The monoisotopic (exact) mass is 531 g/mol. The quantitative estimate of drug-likeness (QED) is 0.451. The van der Waals surface area contributed by atoms with Gasteiger partial charge in [-0.1, -0.05) is 30.9 Å². The standard InChI is InChI=1S/C26H31ClFN5O2S/c1-14-12-26(36-3,25-32-15(2)21-23(29)30-9-10-33(21)25)17-11-18(27)20(28)19(22(17)35-14)24(34)31-13-16-7-5-4-6-8-16/h9-11,14,16H,4-8,12-13H2,1-3H3,(H2,29,30)(H,31,34)/t14?,26-/m0/s1. The van der Waals surface area contributed by atoms with Crippen LogP contribution in [0.5, 0.6) is 5.75 Å². The van der Waals surface area contributed by atoms with Gasteiger partial charge in [-0.2, -0.15) is 0 Å². The zero-order valence-electron chi connectivity index (χ0n) is 20.7. The summed E-state index contributed by atoms with van der Waals surface area (Å²) >= 11 is 7.98. The van der Waals surface area contributed by atoms with Crippen LogP contribution >= 0.6 is 23.4 Å². The Balaban J connectivity index is 1.65. The number of carbonyl (C=O) groups excluding carboxylic acids is 1. The number of nitrogens with zero attached hydrogens (tertiary/aromatic N) is 3. The maximum absolute atomic E-state index is 15.5. The van der Waals surface area contributed by atoms with Crippen LogP contribution < -0.4 is 15.8 Å². The first-order valence-electron chi connectivity index (χ1n) is 12.4. The number of carbonyl (C=O) groups is 1. The summed E-state index contributed by atoms with van der Waals surface area (Å²) in [7, 11) is 0. The van der Waals surface area contributed by atoms with Gasteiger partial charge in [0.15, 0.2) is 5.82 Å². The Hall–Kier alpha value is -2.52. The number of aryl methyl sites for hydroxylation is 1. The molecule has 2 aliphatic rings. The van der Waals surface area contributed by atoms with Gasteiger partial charge in [0, 0.05) is 30.9 Å². The fourth-order valence-corrected chi connectivity index (χ4v) is 7.03. The highest BCUT2D eigenvalue weighted by Gasteiger charge is 2.47. The molecule has 3 aromatic rings. The van der Waals surface area contributed by atoms with E-state index in [4.69, 9.17) is 27.1 Å². The van der Waals surface area contributed by atoms with Gasteiger partial charge >= 0.3 is 0 Å². The molecule has 5 rings (SSSR count). The summed E-state index contributed by atoms with van der Waals surface area (Å²) in [5, 5.41) is 2.84. The molecule has 1 aliphatic carbocycles. The van der Waals surface area contributed by atoms with Gasteiger partial charge in [0.05, 0.1) is 16.8 Å². The minimum atomic E-state index is -0.765. The Labute approximate surface area is 219 Å². The molecule has 7 nitrogen and oxygen atoms in total. The highest BCUT2D eigenvalue weighted by molar-refractivity contribution is 7.99. The van der Waals surface area contributed by atoms with Gasteiger partial charge in [0.2, 0.25) is 0 Å². The van der Waals surface area contributed by atoms with Crippen LogP contribution in [-0.4, -0.2) is 39.2 Å². The van der Waals surface area contributed by atoms with E-state index in [0.29, 0.717) is 36.1 Å². The normalized spacial score (nSPS) is 22.3. The maximum Gasteiger partial charge on any atom is 0.258 e. The number of anilines is 1. The highest BCUT2D eigenvalue weighted by atomic mass is 35.5. The second-order valence-corrected chi connectivity index (χ2v) is 11.4. The second-order valence-electron chi connectivity index (χ2n) is 9.85. The van der Waals surface area contributed by atoms with Crippen molar-refractivity contribution in [3.8, 4) is 5.75 Å². The molecule has 1 aromatic carbocycles. The maximum atomic E-state index is 15.5. The number of nitrogen functional groups attached to an aromatic ring is 1. The predicted molar refractivity (Wildman–Crippen MR) is 141 cm³/mol. The third-order valence-electron chi connectivity index (χ3n) is 7.47. The molecule has 0 spiro atoms. The van der Waals surface area contributed by atoms with E-state index < -0.39 is 16.5 Å². The number of thioether (sulfide) groups is 1. The number of nitrogens with two attached hydrogens (primary N) is 1. The molecule has 1 unspecified atom stereocenters. The SMILES string of the molecule is CS[C@@]1(c2nc(C)c3c(N)nccn23)CC(C)Oc2c1cc(Cl)c(F)c2C(=O)NCC1CCCCC1. The number of benzene rings is 1. The van der Waals surface area contributed by atoms with E-state index in [9.17, 15) is 4.79 Å². The predicted octanol–water partition coefficient (Wildman–Crippen LogP) is 5.50. The summed E-state index contributed by atoms with van der Waals surface area (Å²) in [6, 6.07) is 1.58. The van der Waals surface area contributed by atoms with E-state index in [2.05, 4.69) is 10.3 Å². The van der Waals surface area contributed by atoms with Gasteiger partial charge in [-0.25, -0.2) is 14.4 Å². The van der Waals surface area contributed by atoms with Crippen LogP contribution in [-0.2, 0) is 4.75 Å². The lowest BCUT2D eigenvalue weighted by molar-refractivity contribution is 0.0927. The lowest BCUT2D eigenvalue weighted by Crippen LogP contribution is -2.39. The number of hydrogen-bond donors (Lipinski definition) is 2. The molecule has 36 heavy (non-hydrogen) atoms. The molecule has 192 valence electrons. The van der Waals surface area contributed by atoms with Gasteiger partial charge in [-0.05, 0) is 44.9 Å². The van der Waals surface area contributed by atoms with E-state index >= 15 is 4.39 Å². The zero-order chi connectivity index (χ0) is 25.6. The number of fused-ring (bicyclic) bond motifs is 2. The van der Waals surface area contributed by atoms with Gasteiger partial charge in [-0.15, -0.1) is 11.8 Å². The molecule has 1 saturated carbocycles. The molecule has 2 aromatic heterocycles. The van der Waals surface area contributed by atoms with Crippen LogP contribution in [0.25, 0.3) is 5.52 Å². The van der Waals surface area contributed by atoms with Crippen molar-refractivity contribution in [3.05, 3.63) is 51.9 Å². The average Bonchev–Trinajstić information content (AvgIpc) is 3.22. The minimum absolute atomic E-state index is 0.119. The molecule has 1 fully saturated rings. The van der Waals surface area contributed by atoms with Gasteiger partial charge < -0.3 is 15.8 Å². The first-order valence-corrected chi connectivity index (χ1v) is 14.0. The van der Waals surface area contributed by atoms with E-state index in [0.717, 1.165) is 36.9 Å². The number of imidazole rings is 1. The van der Waals surface area contributed by atoms with Crippen molar-refractivity contribution < 1.29 is 13.9 Å². The van der Waals surface area contributed by atoms with Crippen LogP contribution in [0.1, 0.15) is 72.9 Å². The number of hydrogen-bond acceptors (Lipinski definition) is 6. The summed E-state index contributed by atoms with van der Waals surface area (Å²) in [5.74, 6) is 0.457. The average molecular weight is 532 g/mol. The smallest absolute Gasteiger partial charge is 0.258 e. The van der Waals surface area contributed by atoms with E-state index in [-0.39, 0.29) is 22.4 Å². The van der Waals surface area contributed by atoms with Crippen molar-refractivity contribution in [1.29, 1.82) is 0 Å². The summed E-state index contributed by atoms with van der Waals surface area (Å²) < 4.78 is 22.8. The molecular weight excluding hydrogens is 501 g/mol. The minimum Gasteiger partial charge on any atom is -0.489 e. The van der Waals surface area contributed by atoms with E-state index in [1.165, 1.54) is 6.42 Å². The Bertz CT molecular complexity index is 1330. The number of rotatable bonds is 5. The van der Waals surface area contributed by atoms with Gasteiger partial charge in [0.1, 0.15) is 33.2 Å². The second kappa shape index (κ2) is 9.74. The van der Waals surface area contributed by atoms with Crippen LogP contribution in [0.3, 0.4) is 0 Å². The summed E-state index contributed by atoms with van der Waals surface area (Å²) in [6.07, 6.45) is 11.4. The number of aromatic nitrogens is 3. The van der Waals surface area contributed by atoms with Crippen LogP contribution in [0.15, 0.2) is 18.5 Å². The largest absolute Gasteiger partial charge is 0.489 e. The summed E-state index contributed by atoms with van der Waals surface area (Å²) in [4.78, 5) is 22.5. The first-order chi connectivity index (χ1) is 17.3. The third-order valence-corrected chi connectivity index (χ3v) is 9.01. The number of amides is 1. The molecule has 0 bridgehead atoms. The Kier molecular flexibility index (Phi) is 6.80. The number of ether oxygens (including phenoxy) is 1. The molecule has 0 radical (unpaired) electrons. The van der Waals surface area contributed by atoms with E-state index in [1.54, 1.807) is 24.0 Å². The molecule has 3 heterocycles. The van der Waals surface area contributed by atoms with Gasteiger partial charge in [0.25, 0.3) is 5.91 Å². The number of halogens is 2. The highest BCUT2D eigenvalue weighted by Crippen LogP contribution is 2.54. The molecule has 0 saturated heterocycles. The topological polar surface area (TPSA) is 94.5 Å². The number of nitrogens with one attached hydrogen (secondary N) is 1. The Morgan fingerprint density at radius 1 is 1.39 bits per heavy atom. The Morgan fingerprint density at radius 3 is 2.86 bits per heavy atom. The lowest BCUT2D eigenvalue weighted by atomic mass is 9.86. The van der Waals surface area contributed by atoms with Crippen molar-refractivity contribution in [2.24, 2.45) is 5.92 Å². The molecule has 2 atom stereocenters. The van der Waals surface area contributed by atoms with Crippen LogP contribution in [0.4, 0.5) is 10.2 Å². The van der Waals surface area contributed by atoms with Gasteiger partial charge in [-0.3, -0.25) is 9.20 Å². The molecule has 1 amide bonds. The van der Waals surface area contributed by atoms with E-state index in [1.807, 2.05) is 30.7 Å². The van der Waals surface area contributed by atoms with Crippen LogP contribution in [0.2, 0.25) is 5.02 Å². The Morgan fingerprint density at radius 2 is 2.14 bits per heavy atom. The summed E-state index contributed by atoms with van der Waals surface area (Å²) in [5.41, 5.74) is 8.13. The molecule has 10 heteroatoms. The molecule has 3 N–H and O–H groups in total. The van der Waals surface area contributed by atoms with Crippen molar-refractivity contribution in [1.82, 2.24) is 19.7 Å². The summed E-state index contributed by atoms with van der Waals surface area (Å²) in [6.45, 7) is 4.32. The van der Waals surface area contributed by atoms with Crippen molar-refractivity contribution in [2.45, 2.75) is 63.2 Å².